The standard InChI is InChI=1S/C18H23N5O2/c1-12-10-23(11-13(2)25-12)17-7-4-14(8-21-17)18(24)22-15-5-6-16(19-3)20-9-15/h4-9,12-13H,10-11H2,1-3H3,(H,19,20)(H,22,24). The minimum absolute atomic E-state index is 0.168. The van der Waals surface area contributed by atoms with Crippen LogP contribution in [0.5, 0.6) is 0 Å². The van der Waals surface area contributed by atoms with Crippen molar-refractivity contribution in [2.45, 2.75) is 26.1 Å². The summed E-state index contributed by atoms with van der Waals surface area (Å²) in [6.45, 7) is 5.70. The van der Waals surface area contributed by atoms with Crippen molar-refractivity contribution in [1.82, 2.24) is 9.97 Å². The molecule has 0 radical (unpaired) electrons. The summed E-state index contributed by atoms with van der Waals surface area (Å²) in [7, 11) is 1.80. The van der Waals surface area contributed by atoms with Gasteiger partial charge in [0, 0.05) is 26.3 Å². The Balaban J connectivity index is 1.65. The molecule has 7 heteroatoms. The van der Waals surface area contributed by atoms with Crippen LogP contribution in [0, 0.1) is 0 Å². The summed E-state index contributed by atoms with van der Waals surface area (Å²) in [6.07, 6.45) is 3.55. The summed E-state index contributed by atoms with van der Waals surface area (Å²) in [5.41, 5.74) is 1.15. The second kappa shape index (κ2) is 7.48. The third-order valence-electron chi connectivity index (χ3n) is 4.03. The van der Waals surface area contributed by atoms with Crippen molar-refractivity contribution in [2.24, 2.45) is 0 Å². The number of morpholine rings is 1. The molecular weight excluding hydrogens is 318 g/mol. The van der Waals surface area contributed by atoms with Crippen molar-refractivity contribution in [3.63, 3.8) is 0 Å². The van der Waals surface area contributed by atoms with Crippen molar-refractivity contribution in [3.8, 4) is 0 Å². The first-order valence-electron chi connectivity index (χ1n) is 8.37. The molecule has 3 heterocycles. The van der Waals surface area contributed by atoms with E-state index < -0.39 is 0 Å². The van der Waals surface area contributed by atoms with Gasteiger partial charge in [-0.1, -0.05) is 0 Å². The lowest BCUT2D eigenvalue weighted by atomic mass is 10.2. The molecule has 2 N–H and O–H groups in total. The number of hydrogen-bond donors (Lipinski definition) is 2. The molecule has 3 rings (SSSR count). The maximum absolute atomic E-state index is 12.3. The Morgan fingerprint density at radius 1 is 1.12 bits per heavy atom. The summed E-state index contributed by atoms with van der Waals surface area (Å²) >= 11 is 0. The average molecular weight is 341 g/mol. The van der Waals surface area contributed by atoms with Crippen LogP contribution >= 0.6 is 0 Å². The van der Waals surface area contributed by atoms with Crippen molar-refractivity contribution >= 4 is 23.2 Å². The molecule has 0 saturated carbocycles. The monoisotopic (exact) mass is 341 g/mol. The molecule has 2 atom stereocenters. The summed E-state index contributed by atoms with van der Waals surface area (Å²) < 4.78 is 5.74. The number of aromatic nitrogens is 2. The van der Waals surface area contributed by atoms with Crippen LogP contribution in [-0.4, -0.2) is 48.2 Å². The Hall–Kier alpha value is -2.67. The fourth-order valence-electron chi connectivity index (χ4n) is 2.89. The van der Waals surface area contributed by atoms with E-state index in [4.69, 9.17) is 4.74 Å². The zero-order valence-corrected chi connectivity index (χ0v) is 14.7. The number of amides is 1. The van der Waals surface area contributed by atoms with Gasteiger partial charge in [0.15, 0.2) is 0 Å². The van der Waals surface area contributed by atoms with Gasteiger partial charge >= 0.3 is 0 Å². The van der Waals surface area contributed by atoms with Crippen LogP contribution in [0.4, 0.5) is 17.3 Å². The normalized spacial score (nSPS) is 20.2. The largest absolute Gasteiger partial charge is 0.373 e. The van der Waals surface area contributed by atoms with Crippen LogP contribution in [0.25, 0.3) is 0 Å². The number of nitrogens with zero attached hydrogens (tertiary/aromatic N) is 3. The molecule has 0 aliphatic carbocycles. The van der Waals surface area contributed by atoms with Gasteiger partial charge in [-0.25, -0.2) is 9.97 Å². The van der Waals surface area contributed by atoms with Crippen molar-refractivity contribution in [2.75, 3.05) is 35.7 Å². The Bertz CT molecular complexity index is 707. The minimum atomic E-state index is -0.207. The average Bonchev–Trinajstić information content (AvgIpc) is 2.61. The summed E-state index contributed by atoms with van der Waals surface area (Å²) in [5, 5.41) is 5.76. The van der Waals surface area contributed by atoms with Gasteiger partial charge in [-0.3, -0.25) is 4.79 Å². The fraction of sp³-hybridized carbons (Fsp3) is 0.389. The molecule has 2 aromatic rings. The van der Waals surface area contributed by atoms with E-state index in [1.807, 2.05) is 6.07 Å². The minimum Gasteiger partial charge on any atom is -0.373 e. The molecule has 132 valence electrons. The Morgan fingerprint density at radius 3 is 2.44 bits per heavy atom. The van der Waals surface area contributed by atoms with Crippen LogP contribution in [0.1, 0.15) is 24.2 Å². The molecular formula is C18H23N5O2. The van der Waals surface area contributed by atoms with Crippen LogP contribution in [0.15, 0.2) is 36.7 Å². The second-order valence-corrected chi connectivity index (χ2v) is 6.20. The lowest BCUT2D eigenvalue weighted by Gasteiger charge is -2.36. The predicted octanol–water partition coefficient (Wildman–Crippen LogP) is 2.38. The highest BCUT2D eigenvalue weighted by Gasteiger charge is 2.23. The van der Waals surface area contributed by atoms with Crippen molar-refractivity contribution < 1.29 is 9.53 Å². The SMILES string of the molecule is CNc1ccc(NC(=O)c2ccc(N3CC(C)OC(C)C3)nc2)cn1. The van der Waals surface area contributed by atoms with E-state index >= 15 is 0 Å². The molecule has 1 fully saturated rings. The maximum atomic E-state index is 12.3. The van der Waals surface area contributed by atoms with Crippen LogP contribution in [-0.2, 0) is 4.74 Å². The first-order valence-corrected chi connectivity index (χ1v) is 8.37. The molecule has 1 amide bonds. The molecule has 25 heavy (non-hydrogen) atoms. The maximum Gasteiger partial charge on any atom is 0.257 e. The van der Waals surface area contributed by atoms with Gasteiger partial charge in [0.25, 0.3) is 5.91 Å². The fourth-order valence-corrected chi connectivity index (χ4v) is 2.89. The number of pyridine rings is 2. The van der Waals surface area contributed by atoms with Gasteiger partial charge in [-0.2, -0.15) is 0 Å². The van der Waals surface area contributed by atoms with E-state index in [-0.39, 0.29) is 18.1 Å². The molecule has 0 aromatic carbocycles. The lowest BCUT2D eigenvalue weighted by molar-refractivity contribution is -0.00546. The summed E-state index contributed by atoms with van der Waals surface area (Å²) in [4.78, 5) is 23.1. The number of nitrogens with one attached hydrogen (secondary N) is 2. The van der Waals surface area contributed by atoms with Gasteiger partial charge in [0.1, 0.15) is 11.6 Å². The van der Waals surface area contributed by atoms with Gasteiger partial charge < -0.3 is 20.3 Å². The molecule has 0 spiro atoms. The van der Waals surface area contributed by atoms with Crippen LogP contribution < -0.4 is 15.5 Å². The molecule has 2 unspecified atom stereocenters. The molecule has 0 bridgehead atoms. The Kier molecular flexibility index (Phi) is 5.14. The van der Waals surface area contributed by atoms with E-state index in [1.54, 1.807) is 37.6 Å². The summed E-state index contributed by atoms with van der Waals surface area (Å²) in [6, 6.07) is 7.27. The third-order valence-corrected chi connectivity index (χ3v) is 4.03. The van der Waals surface area contributed by atoms with E-state index in [0.29, 0.717) is 11.3 Å². The van der Waals surface area contributed by atoms with E-state index in [0.717, 1.165) is 24.7 Å². The quantitative estimate of drug-likeness (QED) is 0.889. The Morgan fingerprint density at radius 2 is 1.88 bits per heavy atom. The third kappa shape index (κ3) is 4.24. The highest BCUT2D eigenvalue weighted by atomic mass is 16.5. The zero-order valence-electron chi connectivity index (χ0n) is 14.7. The van der Waals surface area contributed by atoms with Crippen LogP contribution in [0.3, 0.4) is 0 Å². The number of ether oxygens (including phenoxy) is 1. The number of rotatable bonds is 4. The zero-order chi connectivity index (χ0) is 17.8. The van der Waals surface area contributed by atoms with Gasteiger partial charge in [-0.15, -0.1) is 0 Å². The van der Waals surface area contributed by atoms with Crippen molar-refractivity contribution in [3.05, 3.63) is 42.2 Å². The smallest absolute Gasteiger partial charge is 0.257 e. The number of hydrogen-bond acceptors (Lipinski definition) is 6. The Labute approximate surface area is 147 Å². The van der Waals surface area contributed by atoms with E-state index in [1.165, 1.54) is 0 Å². The molecule has 1 aliphatic rings. The number of anilines is 3. The summed E-state index contributed by atoms with van der Waals surface area (Å²) in [5.74, 6) is 1.40. The van der Waals surface area contributed by atoms with E-state index in [9.17, 15) is 4.79 Å². The molecule has 1 saturated heterocycles. The molecule has 2 aromatic heterocycles. The van der Waals surface area contributed by atoms with Gasteiger partial charge in [0.2, 0.25) is 0 Å². The predicted molar refractivity (Wildman–Crippen MR) is 98.2 cm³/mol. The van der Waals surface area contributed by atoms with E-state index in [2.05, 4.69) is 39.3 Å². The highest BCUT2D eigenvalue weighted by Crippen LogP contribution is 2.19. The van der Waals surface area contributed by atoms with Crippen LogP contribution in [0.2, 0.25) is 0 Å². The van der Waals surface area contributed by atoms with Crippen molar-refractivity contribution in [1.29, 1.82) is 0 Å². The van der Waals surface area contributed by atoms with Gasteiger partial charge in [-0.05, 0) is 38.1 Å². The lowest BCUT2D eigenvalue weighted by Crippen LogP contribution is -2.45. The van der Waals surface area contributed by atoms with Gasteiger partial charge in [0.05, 0.1) is 29.7 Å². The first-order chi connectivity index (χ1) is 12.0. The number of carbonyl (C=O) groups is 1. The first kappa shape index (κ1) is 17.2. The topological polar surface area (TPSA) is 79.4 Å². The molecule has 7 nitrogen and oxygen atoms in total. The second-order valence-electron chi connectivity index (χ2n) is 6.20. The highest BCUT2D eigenvalue weighted by molar-refractivity contribution is 6.04. The molecule has 1 aliphatic heterocycles. The number of carbonyl (C=O) groups excluding carboxylic acids is 1.